The highest BCUT2D eigenvalue weighted by atomic mass is 28.3. The molecule has 17 heavy (non-hydrogen) atoms. The number of aliphatic hydroxyl groups excluding tert-OH is 1. The van der Waals surface area contributed by atoms with Crippen LogP contribution in [0.3, 0.4) is 0 Å². The number of nitrogens with one attached hydrogen (secondary N) is 1. The Hall–Kier alpha value is -0.326. The van der Waals surface area contributed by atoms with Gasteiger partial charge in [-0.15, -0.1) is 0 Å². The lowest BCUT2D eigenvalue weighted by Gasteiger charge is -2.29. The number of allylic oxidation sites excluding steroid dienone is 1. The van der Waals surface area contributed by atoms with E-state index >= 15 is 0 Å². The lowest BCUT2D eigenvalue weighted by Crippen LogP contribution is -2.33. The molecule has 0 radical (unpaired) electrons. The molecular formula is C13H25NOSi2. The van der Waals surface area contributed by atoms with Crippen LogP contribution in [-0.2, 0) is 0 Å². The van der Waals surface area contributed by atoms with Crippen molar-refractivity contribution in [3.63, 3.8) is 0 Å². The molecule has 0 saturated heterocycles. The van der Waals surface area contributed by atoms with Crippen molar-refractivity contribution in [1.82, 2.24) is 5.32 Å². The lowest BCUT2D eigenvalue weighted by molar-refractivity contribution is 0.395. The van der Waals surface area contributed by atoms with E-state index in [1.165, 1.54) is 16.3 Å². The van der Waals surface area contributed by atoms with E-state index in [1.807, 2.05) is 0 Å². The molecule has 2 N–H and O–H groups in total. The zero-order valence-corrected chi connectivity index (χ0v) is 13.9. The summed E-state index contributed by atoms with van der Waals surface area (Å²) in [6.07, 6.45) is 0. The Morgan fingerprint density at radius 1 is 1.06 bits per heavy atom. The third-order valence-electron chi connectivity index (χ3n) is 3.80. The number of hydrogen-bond donors (Lipinski definition) is 2. The third-order valence-corrected chi connectivity index (χ3v) is 8.21. The predicted octanol–water partition coefficient (Wildman–Crippen LogP) is 3.30. The highest BCUT2D eigenvalue weighted by Gasteiger charge is 2.45. The molecule has 1 aliphatic carbocycles. The van der Waals surface area contributed by atoms with Crippen LogP contribution in [0.4, 0.5) is 0 Å². The minimum Gasteiger partial charge on any atom is -0.512 e. The Bertz CT molecular complexity index is 410. The van der Waals surface area contributed by atoms with Crippen LogP contribution in [0.25, 0.3) is 0 Å². The summed E-state index contributed by atoms with van der Waals surface area (Å²) in [6.45, 7) is 16.1. The summed E-state index contributed by atoms with van der Waals surface area (Å²) in [6, 6.07) is 0. The summed E-state index contributed by atoms with van der Waals surface area (Å²) in [5.41, 5.74) is 3.35. The van der Waals surface area contributed by atoms with Gasteiger partial charge in [0, 0.05) is 18.6 Å². The lowest BCUT2D eigenvalue weighted by atomic mass is 10.2. The normalized spacial score (nSPS) is 25.9. The van der Waals surface area contributed by atoms with Crippen molar-refractivity contribution in [2.75, 3.05) is 13.1 Å². The molecule has 0 aromatic heterocycles. The maximum atomic E-state index is 10.7. The molecular weight excluding hydrogens is 242 g/mol. The first-order chi connectivity index (χ1) is 7.64. The molecule has 1 aliphatic heterocycles. The van der Waals surface area contributed by atoms with E-state index < -0.39 is 16.1 Å². The van der Waals surface area contributed by atoms with Crippen LogP contribution in [0.2, 0.25) is 44.8 Å². The number of aliphatic hydroxyl groups is 1. The quantitative estimate of drug-likeness (QED) is 0.753. The molecule has 1 atom stereocenters. The van der Waals surface area contributed by atoms with E-state index in [9.17, 15) is 5.11 Å². The molecule has 4 heteroatoms. The fourth-order valence-corrected chi connectivity index (χ4v) is 7.80. The fourth-order valence-electron chi connectivity index (χ4n) is 3.30. The van der Waals surface area contributed by atoms with E-state index in [-0.39, 0.29) is 0 Å². The van der Waals surface area contributed by atoms with E-state index in [0.29, 0.717) is 5.54 Å². The van der Waals surface area contributed by atoms with Crippen molar-refractivity contribution in [1.29, 1.82) is 0 Å². The Balaban J connectivity index is 2.55. The average molecular weight is 268 g/mol. The SMILES string of the molecule is C[Si](C)(C)C1=C(O)C([Si](C)(C)C)C2=C1CNC2. The van der Waals surface area contributed by atoms with Gasteiger partial charge in [-0.05, 0) is 16.3 Å². The van der Waals surface area contributed by atoms with Gasteiger partial charge in [-0.3, -0.25) is 0 Å². The first-order valence-corrected chi connectivity index (χ1v) is 13.6. The second-order valence-corrected chi connectivity index (χ2v) is 17.7. The predicted molar refractivity (Wildman–Crippen MR) is 80.0 cm³/mol. The van der Waals surface area contributed by atoms with Gasteiger partial charge in [-0.1, -0.05) is 39.3 Å². The Morgan fingerprint density at radius 2 is 1.65 bits per heavy atom. The molecule has 0 aromatic carbocycles. The summed E-state index contributed by atoms with van der Waals surface area (Å²) in [4.78, 5) is 0. The van der Waals surface area contributed by atoms with Gasteiger partial charge < -0.3 is 10.4 Å². The molecule has 0 spiro atoms. The Kier molecular flexibility index (Phi) is 2.96. The molecule has 0 aromatic rings. The van der Waals surface area contributed by atoms with E-state index in [2.05, 4.69) is 44.6 Å². The van der Waals surface area contributed by atoms with Crippen LogP contribution < -0.4 is 5.32 Å². The van der Waals surface area contributed by atoms with E-state index in [1.54, 1.807) is 0 Å². The minimum atomic E-state index is -1.44. The zero-order valence-electron chi connectivity index (χ0n) is 11.9. The first-order valence-electron chi connectivity index (χ1n) is 6.50. The molecule has 0 bridgehead atoms. The third kappa shape index (κ3) is 2.06. The van der Waals surface area contributed by atoms with Gasteiger partial charge in [0.1, 0.15) is 0 Å². The molecule has 2 aliphatic rings. The number of hydrogen-bond acceptors (Lipinski definition) is 2. The second-order valence-electron chi connectivity index (χ2n) is 7.42. The fraction of sp³-hybridized carbons (Fsp3) is 0.692. The molecule has 0 fully saturated rings. The summed E-state index contributed by atoms with van der Waals surface area (Å²) < 4.78 is 0. The Labute approximate surface area is 107 Å². The van der Waals surface area contributed by atoms with E-state index in [0.717, 1.165) is 18.8 Å². The van der Waals surface area contributed by atoms with Crippen molar-refractivity contribution < 1.29 is 5.11 Å². The highest BCUT2D eigenvalue weighted by Crippen LogP contribution is 2.49. The summed E-state index contributed by atoms with van der Waals surface area (Å²) in [7, 11) is -2.82. The van der Waals surface area contributed by atoms with Crippen molar-refractivity contribution in [2.45, 2.75) is 44.8 Å². The zero-order chi connectivity index (χ0) is 13.0. The molecule has 1 heterocycles. The van der Waals surface area contributed by atoms with Gasteiger partial charge >= 0.3 is 0 Å². The molecule has 96 valence electrons. The number of rotatable bonds is 2. The van der Waals surface area contributed by atoms with Gasteiger partial charge in [0.05, 0.1) is 21.9 Å². The topological polar surface area (TPSA) is 32.3 Å². The van der Waals surface area contributed by atoms with Crippen LogP contribution in [0.5, 0.6) is 0 Å². The molecule has 0 amide bonds. The van der Waals surface area contributed by atoms with Crippen LogP contribution >= 0.6 is 0 Å². The molecule has 0 saturated carbocycles. The largest absolute Gasteiger partial charge is 0.512 e. The first kappa shape index (κ1) is 13.1. The van der Waals surface area contributed by atoms with Crippen molar-refractivity contribution in [3.05, 3.63) is 22.1 Å². The van der Waals surface area contributed by atoms with Crippen molar-refractivity contribution >= 4 is 16.1 Å². The molecule has 2 nitrogen and oxygen atoms in total. The monoisotopic (exact) mass is 267 g/mol. The van der Waals surface area contributed by atoms with E-state index in [4.69, 9.17) is 0 Å². The Morgan fingerprint density at radius 3 is 2.12 bits per heavy atom. The second kappa shape index (κ2) is 3.83. The summed E-state index contributed by atoms with van der Waals surface area (Å²) in [5.74, 6) is 0.745. The maximum Gasteiger partial charge on any atom is 0.0962 e. The van der Waals surface area contributed by atoms with Gasteiger partial charge in [-0.2, -0.15) is 0 Å². The summed E-state index contributed by atoms with van der Waals surface area (Å²) >= 11 is 0. The minimum absolute atomic E-state index is 0.370. The molecule has 2 rings (SSSR count). The van der Waals surface area contributed by atoms with Crippen molar-refractivity contribution in [3.8, 4) is 0 Å². The molecule has 1 unspecified atom stereocenters. The van der Waals surface area contributed by atoms with Gasteiger partial charge in [0.25, 0.3) is 0 Å². The van der Waals surface area contributed by atoms with Gasteiger partial charge in [-0.25, -0.2) is 0 Å². The highest BCUT2D eigenvalue weighted by molar-refractivity contribution is 6.85. The van der Waals surface area contributed by atoms with Gasteiger partial charge in [0.2, 0.25) is 0 Å². The van der Waals surface area contributed by atoms with Crippen LogP contribution in [0, 0.1) is 0 Å². The summed E-state index contributed by atoms with van der Waals surface area (Å²) in [5, 5.41) is 15.5. The van der Waals surface area contributed by atoms with Crippen molar-refractivity contribution in [2.24, 2.45) is 0 Å². The average Bonchev–Trinajstić information content (AvgIpc) is 2.55. The van der Waals surface area contributed by atoms with Gasteiger partial charge in [0.15, 0.2) is 0 Å². The maximum absolute atomic E-state index is 10.7. The van der Waals surface area contributed by atoms with Crippen LogP contribution in [0.1, 0.15) is 0 Å². The van der Waals surface area contributed by atoms with Crippen LogP contribution in [-0.4, -0.2) is 34.3 Å². The smallest absolute Gasteiger partial charge is 0.0962 e. The van der Waals surface area contributed by atoms with Crippen LogP contribution in [0.15, 0.2) is 22.1 Å². The standard InChI is InChI=1S/C13H25NOSi2/c1-16(2,3)12-9-7-14-8-10(9)13(11(12)15)17(4,5)6/h12,14-15H,7-8H2,1-6H3.